The van der Waals surface area contributed by atoms with Gasteiger partial charge in [0.1, 0.15) is 5.75 Å². The minimum Gasteiger partial charge on any atom is -0.506 e. The zero-order valence-corrected chi connectivity index (χ0v) is 15.4. The molecular weight excluding hydrogens is 394 g/mol. The third kappa shape index (κ3) is 2.97. The van der Waals surface area contributed by atoms with E-state index in [9.17, 15) is 5.11 Å². The van der Waals surface area contributed by atoms with Gasteiger partial charge in [-0.3, -0.25) is 4.98 Å². The average Bonchev–Trinajstić information content (AvgIpc) is 3.08. The highest BCUT2D eigenvalue weighted by molar-refractivity contribution is 9.10. The number of rotatable bonds is 3. The molecule has 0 aliphatic carbocycles. The standard InChI is InChI=1S/C19H14BrN5O/c1-25-9-5-8-14(25)18-22-17(12-6-3-2-4-7-12)23-19(24-18)16-13(20)10-21-11-15(16)26/h2-11,26H,1H3. The predicted octanol–water partition coefficient (Wildman–Crippen LogP) is 4.07. The molecule has 1 N–H and O–H groups in total. The van der Waals surface area contributed by atoms with Crippen LogP contribution in [0.3, 0.4) is 0 Å². The number of aryl methyl sites for hydroxylation is 1. The summed E-state index contributed by atoms with van der Waals surface area (Å²) in [6, 6.07) is 13.6. The van der Waals surface area contributed by atoms with Crippen molar-refractivity contribution in [2.24, 2.45) is 7.05 Å². The van der Waals surface area contributed by atoms with E-state index in [1.54, 1.807) is 6.20 Å². The first kappa shape index (κ1) is 16.4. The van der Waals surface area contributed by atoms with Crippen LogP contribution in [0.2, 0.25) is 0 Å². The van der Waals surface area contributed by atoms with Crippen LogP contribution >= 0.6 is 15.9 Å². The number of nitrogens with zero attached hydrogens (tertiary/aromatic N) is 5. The molecule has 0 aliphatic heterocycles. The van der Waals surface area contributed by atoms with Gasteiger partial charge in [0.2, 0.25) is 0 Å². The lowest BCUT2D eigenvalue weighted by molar-refractivity contribution is 0.474. The monoisotopic (exact) mass is 407 g/mol. The summed E-state index contributed by atoms with van der Waals surface area (Å²) >= 11 is 3.42. The largest absolute Gasteiger partial charge is 0.506 e. The summed E-state index contributed by atoms with van der Waals surface area (Å²) in [6.45, 7) is 0. The topological polar surface area (TPSA) is 76.7 Å². The van der Waals surface area contributed by atoms with Crippen LogP contribution in [0, 0.1) is 0 Å². The second kappa shape index (κ2) is 6.68. The average molecular weight is 408 g/mol. The van der Waals surface area contributed by atoms with Crippen molar-refractivity contribution < 1.29 is 5.11 Å². The molecule has 4 rings (SSSR count). The summed E-state index contributed by atoms with van der Waals surface area (Å²) in [5, 5.41) is 10.3. The highest BCUT2D eigenvalue weighted by Crippen LogP contribution is 2.34. The molecule has 4 aromatic rings. The van der Waals surface area contributed by atoms with Gasteiger partial charge in [0, 0.05) is 25.0 Å². The van der Waals surface area contributed by atoms with Crippen LogP contribution in [0.1, 0.15) is 0 Å². The molecule has 6 nitrogen and oxygen atoms in total. The summed E-state index contributed by atoms with van der Waals surface area (Å²) in [6.07, 6.45) is 4.90. The van der Waals surface area contributed by atoms with Crippen molar-refractivity contribution >= 4 is 15.9 Å². The van der Waals surface area contributed by atoms with Gasteiger partial charge in [0.25, 0.3) is 0 Å². The Labute approximate surface area is 158 Å². The van der Waals surface area contributed by atoms with Crippen molar-refractivity contribution in [3.8, 4) is 40.0 Å². The Morgan fingerprint density at radius 2 is 1.62 bits per heavy atom. The molecule has 0 fully saturated rings. The quantitative estimate of drug-likeness (QED) is 0.553. The summed E-state index contributed by atoms with van der Waals surface area (Å²) in [4.78, 5) is 17.8. The Morgan fingerprint density at radius 3 is 2.31 bits per heavy atom. The molecule has 3 heterocycles. The molecule has 0 saturated heterocycles. The van der Waals surface area contributed by atoms with Crippen molar-refractivity contribution in [2.45, 2.75) is 0 Å². The Bertz CT molecular complexity index is 1060. The normalized spacial score (nSPS) is 10.8. The molecule has 0 saturated carbocycles. The smallest absolute Gasteiger partial charge is 0.180 e. The highest BCUT2D eigenvalue weighted by atomic mass is 79.9. The second-order valence-corrected chi connectivity index (χ2v) is 6.55. The summed E-state index contributed by atoms with van der Waals surface area (Å²) in [5.74, 6) is 1.45. The van der Waals surface area contributed by atoms with Crippen molar-refractivity contribution in [2.75, 3.05) is 0 Å². The van der Waals surface area contributed by atoms with Gasteiger partial charge in [-0.15, -0.1) is 0 Å². The van der Waals surface area contributed by atoms with Crippen LogP contribution in [-0.4, -0.2) is 29.6 Å². The number of pyridine rings is 1. The van der Waals surface area contributed by atoms with Crippen LogP contribution in [-0.2, 0) is 7.05 Å². The molecule has 0 bridgehead atoms. The van der Waals surface area contributed by atoms with Gasteiger partial charge >= 0.3 is 0 Å². The summed E-state index contributed by atoms with van der Waals surface area (Å²) in [5.41, 5.74) is 2.21. The molecule has 128 valence electrons. The molecule has 0 aliphatic rings. The Hall–Kier alpha value is -3.06. The number of benzene rings is 1. The van der Waals surface area contributed by atoms with E-state index < -0.39 is 0 Å². The molecule has 0 spiro atoms. The maximum Gasteiger partial charge on any atom is 0.180 e. The zero-order valence-electron chi connectivity index (χ0n) is 13.8. The summed E-state index contributed by atoms with van der Waals surface area (Å²) < 4.78 is 2.55. The Morgan fingerprint density at radius 1 is 0.885 bits per heavy atom. The van der Waals surface area contributed by atoms with Crippen LogP contribution in [0.15, 0.2) is 65.5 Å². The molecule has 0 unspecified atom stereocenters. The molecule has 0 radical (unpaired) electrons. The number of aromatic nitrogens is 5. The molecule has 3 aromatic heterocycles. The SMILES string of the molecule is Cn1cccc1-c1nc(-c2ccccc2)nc(-c2c(O)cncc2Br)n1. The van der Waals surface area contributed by atoms with Gasteiger partial charge in [-0.25, -0.2) is 15.0 Å². The van der Waals surface area contributed by atoms with E-state index in [2.05, 4.69) is 35.9 Å². The third-order valence-electron chi connectivity index (χ3n) is 3.94. The van der Waals surface area contributed by atoms with Crippen LogP contribution < -0.4 is 0 Å². The van der Waals surface area contributed by atoms with Crippen LogP contribution in [0.25, 0.3) is 34.3 Å². The fourth-order valence-corrected chi connectivity index (χ4v) is 3.16. The first-order valence-electron chi connectivity index (χ1n) is 7.89. The third-order valence-corrected chi connectivity index (χ3v) is 4.54. The van der Waals surface area contributed by atoms with E-state index in [4.69, 9.17) is 0 Å². The van der Waals surface area contributed by atoms with Crippen molar-refractivity contribution in [3.05, 3.63) is 65.5 Å². The fourth-order valence-electron chi connectivity index (χ4n) is 2.66. The van der Waals surface area contributed by atoms with Crippen molar-refractivity contribution in [1.29, 1.82) is 0 Å². The van der Waals surface area contributed by atoms with Crippen molar-refractivity contribution in [3.63, 3.8) is 0 Å². The van der Waals surface area contributed by atoms with Gasteiger partial charge < -0.3 is 9.67 Å². The van der Waals surface area contributed by atoms with Crippen LogP contribution in [0.5, 0.6) is 5.75 Å². The highest BCUT2D eigenvalue weighted by Gasteiger charge is 2.18. The molecule has 0 amide bonds. The lowest BCUT2D eigenvalue weighted by Crippen LogP contribution is -2.03. The fraction of sp³-hybridized carbons (Fsp3) is 0.0526. The van der Waals surface area contributed by atoms with Gasteiger partial charge in [-0.1, -0.05) is 30.3 Å². The number of hydrogen-bond acceptors (Lipinski definition) is 5. The minimum absolute atomic E-state index is 0.00224. The number of hydrogen-bond donors (Lipinski definition) is 1. The minimum atomic E-state index is 0.00224. The van der Waals surface area contributed by atoms with Crippen molar-refractivity contribution in [1.82, 2.24) is 24.5 Å². The molecule has 26 heavy (non-hydrogen) atoms. The molecule has 0 atom stereocenters. The first-order valence-corrected chi connectivity index (χ1v) is 8.69. The Balaban J connectivity index is 1.99. The van der Waals surface area contributed by atoms with E-state index in [-0.39, 0.29) is 5.75 Å². The van der Waals surface area contributed by atoms with Gasteiger partial charge in [-0.2, -0.15) is 0 Å². The Kier molecular flexibility index (Phi) is 4.22. The lowest BCUT2D eigenvalue weighted by Gasteiger charge is -2.10. The lowest BCUT2D eigenvalue weighted by atomic mass is 10.2. The molecular formula is C19H14BrN5O. The number of halogens is 1. The maximum atomic E-state index is 10.3. The second-order valence-electron chi connectivity index (χ2n) is 5.69. The van der Waals surface area contributed by atoms with Crippen LogP contribution in [0.4, 0.5) is 0 Å². The van der Waals surface area contributed by atoms with Gasteiger partial charge in [0.15, 0.2) is 17.5 Å². The van der Waals surface area contributed by atoms with Gasteiger partial charge in [-0.05, 0) is 28.1 Å². The molecule has 1 aromatic carbocycles. The zero-order chi connectivity index (χ0) is 18.1. The van der Waals surface area contributed by atoms with E-state index in [1.807, 2.05) is 60.3 Å². The number of aromatic hydroxyl groups is 1. The van der Waals surface area contributed by atoms with E-state index in [0.717, 1.165) is 11.3 Å². The van der Waals surface area contributed by atoms with E-state index in [1.165, 1.54) is 6.20 Å². The predicted molar refractivity (Wildman–Crippen MR) is 102 cm³/mol. The first-order chi connectivity index (χ1) is 12.6. The van der Waals surface area contributed by atoms with Gasteiger partial charge in [0.05, 0.1) is 21.9 Å². The van der Waals surface area contributed by atoms with E-state index >= 15 is 0 Å². The maximum absolute atomic E-state index is 10.3. The van der Waals surface area contributed by atoms with E-state index in [0.29, 0.717) is 27.5 Å². The summed E-state index contributed by atoms with van der Waals surface area (Å²) in [7, 11) is 1.93. The molecule has 7 heteroatoms.